The smallest absolute Gasteiger partial charge is 0.416 e. The Hall–Kier alpha value is -3.10. The van der Waals surface area contributed by atoms with E-state index in [4.69, 9.17) is 4.52 Å². The van der Waals surface area contributed by atoms with Crippen molar-refractivity contribution < 1.29 is 22.8 Å². The van der Waals surface area contributed by atoms with Crippen LogP contribution in [0.5, 0.6) is 5.75 Å². The predicted octanol–water partition coefficient (Wildman–Crippen LogP) is 4.08. The standard InChI is InChI=1S/C17H15F3N4O2/c1-9-5-11(17(18,19)20)6-15(25)16(9)13-4-3-12(22-23-13)7-21-14-8-26-24-10(14)2/h3-6,8,21,25H,7H2,1-2H3. The number of aryl methyl sites for hydroxylation is 2. The zero-order chi connectivity index (χ0) is 18.9. The summed E-state index contributed by atoms with van der Waals surface area (Å²) in [7, 11) is 0. The predicted molar refractivity (Wildman–Crippen MR) is 87.4 cm³/mol. The molecule has 0 saturated heterocycles. The number of halogens is 3. The van der Waals surface area contributed by atoms with E-state index in [0.717, 1.165) is 11.8 Å². The lowest BCUT2D eigenvalue weighted by atomic mass is 10.0. The molecule has 2 N–H and O–H groups in total. The number of nitrogens with one attached hydrogen (secondary N) is 1. The van der Waals surface area contributed by atoms with Gasteiger partial charge in [0.25, 0.3) is 0 Å². The minimum atomic E-state index is -4.53. The molecule has 3 aromatic rings. The summed E-state index contributed by atoms with van der Waals surface area (Å²) in [4.78, 5) is 0. The van der Waals surface area contributed by atoms with Gasteiger partial charge in [-0.15, -0.1) is 0 Å². The molecular formula is C17H15F3N4O2. The number of aromatic nitrogens is 3. The van der Waals surface area contributed by atoms with Crippen LogP contribution < -0.4 is 5.32 Å². The topological polar surface area (TPSA) is 84.1 Å². The van der Waals surface area contributed by atoms with E-state index in [2.05, 4.69) is 20.7 Å². The summed E-state index contributed by atoms with van der Waals surface area (Å²) in [6.07, 6.45) is -3.05. The number of benzene rings is 1. The molecule has 0 atom stereocenters. The molecule has 136 valence electrons. The fourth-order valence-corrected chi connectivity index (χ4v) is 2.50. The second-order valence-electron chi connectivity index (χ2n) is 5.76. The largest absolute Gasteiger partial charge is 0.507 e. The molecule has 0 amide bonds. The van der Waals surface area contributed by atoms with Crippen molar-refractivity contribution in [2.75, 3.05) is 5.32 Å². The van der Waals surface area contributed by atoms with Gasteiger partial charge < -0.3 is 14.9 Å². The second kappa shape index (κ2) is 6.66. The zero-order valence-electron chi connectivity index (χ0n) is 13.9. The van der Waals surface area contributed by atoms with Crippen LogP contribution in [0.25, 0.3) is 11.3 Å². The van der Waals surface area contributed by atoms with Gasteiger partial charge in [-0.1, -0.05) is 5.16 Å². The summed E-state index contributed by atoms with van der Waals surface area (Å²) in [5, 5.41) is 24.9. The summed E-state index contributed by atoms with van der Waals surface area (Å²) in [5.41, 5.74) is 1.91. The maximum atomic E-state index is 12.8. The highest BCUT2D eigenvalue weighted by atomic mass is 19.4. The van der Waals surface area contributed by atoms with Gasteiger partial charge in [0, 0.05) is 5.56 Å². The number of anilines is 1. The first-order chi connectivity index (χ1) is 12.3. The van der Waals surface area contributed by atoms with Crippen LogP contribution in [0.4, 0.5) is 18.9 Å². The number of hydrogen-bond donors (Lipinski definition) is 2. The molecule has 0 saturated carbocycles. The monoisotopic (exact) mass is 364 g/mol. The fourth-order valence-electron chi connectivity index (χ4n) is 2.50. The molecule has 0 fully saturated rings. The lowest BCUT2D eigenvalue weighted by Gasteiger charge is -2.13. The third-order valence-electron chi connectivity index (χ3n) is 3.83. The normalized spacial score (nSPS) is 11.6. The van der Waals surface area contributed by atoms with Gasteiger partial charge in [-0.2, -0.15) is 23.4 Å². The summed E-state index contributed by atoms with van der Waals surface area (Å²) < 4.78 is 43.2. The van der Waals surface area contributed by atoms with E-state index >= 15 is 0 Å². The van der Waals surface area contributed by atoms with Crippen molar-refractivity contribution in [2.24, 2.45) is 0 Å². The summed E-state index contributed by atoms with van der Waals surface area (Å²) in [6.45, 7) is 3.64. The molecule has 0 radical (unpaired) electrons. The lowest BCUT2D eigenvalue weighted by molar-refractivity contribution is -0.137. The molecule has 0 aliphatic heterocycles. The molecule has 0 aliphatic rings. The molecule has 6 nitrogen and oxygen atoms in total. The number of hydrogen-bond acceptors (Lipinski definition) is 6. The van der Waals surface area contributed by atoms with Crippen LogP contribution >= 0.6 is 0 Å². The number of rotatable bonds is 4. The highest BCUT2D eigenvalue weighted by Crippen LogP contribution is 2.38. The summed E-state index contributed by atoms with van der Waals surface area (Å²) in [5.74, 6) is -0.488. The van der Waals surface area contributed by atoms with Crippen LogP contribution in [0, 0.1) is 13.8 Å². The maximum Gasteiger partial charge on any atom is 0.416 e. The average Bonchev–Trinajstić information content (AvgIpc) is 2.97. The van der Waals surface area contributed by atoms with Gasteiger partial charge in [0.1, 0.15) is 17.7 Å². The molecule has 9 heteroatoms. The van der Waals surface area contributed by atoms with Crippen LogP contribution in [-0.2, 0) is 12.7 Å². The molecule has 2 heterocycles. The molecule has 0 aliphatic carbocycles. The Morgan fingerprint density at radius 1 is 1.15 bits per heavy atom. The van der Waals surface area contributed by atoms with Gasteiger partial charge in [-0.05, 0) is 43.7 Å². The van der Waals surface area contributed by atoms with Crippen LogP contribution in [0.2, 0.25) is 0 Å². The zero-order valence-corrected chi connectivity index (χ0v) is 13.9. The van der Waals surface area contributed by atoms with E-state index in [1.54, 1.807) is 19.1 Å². The van der Waals surface area contributed by atoms with Crippen molar-refractivity contribution in [1.82, 2.24) is 15.4 Å². The Labute approximate surface area is 146 Å². The number of phenols is 1. The van der Waals surface area contributed by atoms with Crippen molar-refractivity contribution in [1.29, 1.82) is 0 Å². The van der Waals surface area contributed by atoms with E-state index < -0.39 is 17.5 Å². The van der Waals surface area contributed by atoms with Gasteiger partial charge in [-0.3, -0.25) is 0 Å². The number of nitrogens with zero attached hydrogens (tertiary/aromatic N) is 3. The first-order valence-electron chi connectivity index (χ1n) is 7.64. The molecule has 0 unspecified atom stereocenters. The second-order valence-corrected chi connectivity index (χ2v) is 5.76. The van der Waals surface area contributed by atoms with Gasteiger partial charge in [-0.25, -0.2) is 0 Å². The van der Waals surface area contributed by atoms with Crippen molar-refractivity contribution in [3.8, 4) is 17.0 Å². The molecule has 0 bridgehead atoms. The minimum absolute atomic E-state index is 0.222. The van der Waals surface area contributed by atoms with Gasteiger partial charge in [0.05, 0.1) is 29.2 Å². The van der Waals surface area contributed by atoms with Crippen molar-refractivity contribution in [3.05, 3.63) is 53.0 Å². The highest BCUT2D eigenvalue weighted by Gasteiger charge is 2.32. The third kappa shape index (κ3) is 3.61. The van der Waals surface area contributed by atoms with Crippen LogP contribution in [-0.4, -0.2) is 20.5 Å². The molecule has 2 aromatic heterocycles. The Morgan fingerprint density at radius 2 is 1.92 bits per heavy atom. The maximum absolute atomic E-state index is 12.8. The Bertz CT molecular complexity index is 897. The molecular weight excluding hydrogens is 349 g/mol. The van der Waals surface area contributed by atoms with Crippen LogP contribution in [0.15, 0.2) is 35.1 Å². The van der Waals surface area contributed by atoms with E-state index in [1.165, 1.54) is 13.2 Å². The van der Waals surface area contributed by atoms with Gasteiger partial charge in [0.15, 0.2) is 0 Å². The van der Waals surface area contributed by atoms with Crippen molar-refractivity contribution in [3.63, 3.8) is 0 Å². The van der Waals surface area contributed by atoms with E-state index in [-0.39, 0.29) is 11.1 Å². The first kappa shape index (κ1) is 17.7. The minimum Gasteiger partial charge on any atom is -0.507 e. The van der Waals surface area contributed by atoms with E-state index in [1.807, 2.05) is 0 Å². The summed E-state index contributed by atoms with van der Waals surface area (Å²) in [6, 6.07) is 4.93. The molecule has 26 heavy (non-hydrogen) atoms. The molecule has 3 rings (SSSR count). The number of phenolic OH excluding ortho intramolecular Hbond substituents is 1. The SMILES string of the molecule is Cc1cc(C(F)(F)F)cc(O)c1-c1ccc(CNc2conc2C)nn1. The highest BCUT2D eigenvalue weighted by molar-refractivity contribution is 5.71. The quantitative estimate of drug-likeness (QED) is 0.726. The molecule has 1 aromatic carbocycles. The van der Waals surface area contributed by atoms with Gasteiger partial charge >= 0.3 is 6.18 Å². The summed E-state index contributed by atoms with van der Waals surface area (Å²) >= 11 is 0. The van der Waals surface area contributed by atoms with Crippen molar-refractivity contribution >= 4 is 5.69 Å². The van der Waals surface area contributed by atoms with Crippen LogP contribution in [0.3, 0.4) is 0 Å². The fraction of sp³-hybridized carbons (Fsp3) is 0.235. The lowest BCUT2D eigenvalue weighted by Crippen LogP contribution is -2.06. The number of aromatic hydroxyl groups is 1. The van der Waals surface area contributed by atoms with Crippen molar-refractivity contribution in [2.45, 2.75) is 26.6 Å². The van der Waals surface area contributed by atoms with E-state index in [9.17, 15) is 18.3 Å². The Kier molecular flexibility index (Phi) is 4.54. The average molecular weight is 364 g/mol. The van der Waals surface area contributed by atoms with Crippen LogP contribution in [0.1, 0.15) is 22.5 Å². The molecule has 0 spiro atoms. The Balaban J connectivity index is 1.81. The third-order valence-corrected chi connectivity index (χ3v) is 3.83. The Morgan fingerprint density at radius 3 is 2.46 bits per heavy atom. The number of alkyl halides is 3. The van der Waals surface area contributed by atoms with E-state index in [0.29, 0.717) is 29.7 Å². The van der Waals surface area contributed by atoms with Gasteiger partial charge in [0.2, 0.25) is 0 Å². The first-order valence-corrected chi connectivity index (χ1v) is 7.64.